The van der Waals surface area contributed by atoms with E-state index in [0.29, 0.717) is 24.5 Å². The number of fused-ring (bicyclic) bond motifs is 2. The lowest BCUT2D eigenvalue weighted by Gasteiger charge is -2.22. The molecule has 0 aliphatic carbocycles. The second-order valence-electron chi connectivity index (χ2n) is 13.0. The highest BCUT2D eigenvalue weighted by molar-refractivity contribution is 5.93. The predicted octanol–water partition coefficient (Wildman–Crippen LogP) is 7.52. The van der Waals surface area contributed by atoms with Gasteiger partial charge in [-0.1, -0.05) is 48.5 Å². The zero-order valence-electron chi connectivity index (χ0n) is 27.3. The number of pyridine rings is 2. The van der Waals surface area contributed by atoms with Crippen LogP contribution in [0.3, 0.4) is 0 Å². The molecule has 2 N–H and O–H groups in total. The third-order valence-electron chi connectivity index (χ3n) is 9.98. The zero-order chi connectivity index (χ0) is 33.6. The first kappa shape index (κ1) is 29.9. The first-order valence-corrected chi connectivity index (χ1v) is 17.1. The Bertz CT molecular complexity index is 2180. The quantitative estimate of drug-likeness (QED) is 0.191. The molecule has 0 unspecified atom stereocenters. The van der Waals surface area contributed by atoms with Crippen molar-refractivity contribution in [2.45, 2.75) is 37.8 Å². The topological polar surface area (TPSA) is 124 Å². The first-order chi connectivity index (χ1) is 24.6. The molecule has 2 fully saturated rings. The van der Waals surface area contributed by atoms with Crippen molar-refractivity contribution in [2.24, 2.45) is 0 Å². The second kappa shape index (κ2) is 12.4. The molecule has 10 heteroatoms. The summed E-state index contributed by atoms with van der Waals surface area (Å²) in [5.41, 5.74) is 8.90. The standard InChI is InChI=1S/C40H34N8O2/c49-39(31-7-1-3-19-41-31)47-21-5-9-35(47)37-43-29-17-15-27(23-33(29)45-37)25-11-13-26(14-12-25)28-16-18-30-34(24-28)46-38(44-30)36-10-6-22-48(36)40(50)32-8-2-4-20-42-32/h1-4,7-8,11-20,23-24,35-36H,5-6,9-10,21-22H2,(H,43,45)(H,44,46)/t35-,36-/m0/s1. The maximum Gasteiger partial charge on any atom is 0.273 e. The molecule has 2 atom stereocenters. The number of carbonyl (C=O) groups excluding carboxylic acids is 2. The third kappa shape index (κ3) is 5.38. The molecule has 2 amide bonds. The molecule has 0 radical (unpaired) electrons. The van der Waals surface area contributed by atoms with Crippen LogP contribution in [0.4, 0.5) is 0 Å². The summed E-state index contributed by atoms with van der Waals surface area (Å²) in [5, 5.41) is 0. The van der Waals surface area contributed by atoms with Gasteiger partial charge in [0.05, 0.1) is 34.2 Å². The lowest BCUT2D eigenvalue weighted by molar-refractivity contribution is 0.0717. The summed E-state index contributed by atoms with van der Waals surface area (Å²) in [6.07, 6.45) is 6.90. The number of hydrogen-bond donors (Lipinski definition) is 2. The molecule has 2 aliphatic heterocycles. The van der Waals surface area contributed by atoms with Crippen LogP contribution in [0.15, 0.2) is 109 Å². The SMILES string of the molecule is O=C(c1ccccn1)N1CCC[C@H]1c1nc2cc(-c3ccc(-c4ccc5[nH]c([C@@H]6CCCN6C(=O)c6ccccn6)nc5c4)cc3)ccc2[nH]1. The number of likely N-dealkylation sites (tertiary alicyclic amines) is 2. The van der Waals surface area contributed by atoms with E-state index in [9.17, 15) is 9.59 Å². The molecule has 2 saturated heterocycles. The van der Waals surface area contributed by atoms with Crippen LogP contribution < -0.4 is 0 Å². The van der Waals surface area contributed by atoms with Crippen molar-refractivity contribution in [3.63, 3.8) is 0 Å². The van der Waals surface area contributed by atoms with Crippen LogP contribution in [0.2, 0.25) is 0 Å². The summed E-state index contributed by atoms with van der Waals surface area (Å²) in [7, 11) is 0. The molecular formula is C40H34N8O2. The molecule has 6 heterocycles. The fourth-order valence-electron chi connectivity index (χ4n) is 7.44. The van der Waals surface area contributed by atoms with Gasteiger partial charge >= 0.3 is 0 Å². The van der Waals surface area contributed by atoms with E-state index in [-0.39, 0.29) is 23.9 Å². The number of hydrogen-bond acceptors (Lipinski definition) is 6. The number of H-pyrrole nitrogens is 2. The average molecular weight is 659 g/mol. The van der Waals surface area contributed by atoms with Gasteiger partial charge in [0, 0.05) is 25.5 Å². The number of benzene rings is 3. The van der Waals surface area contributed by atoms with E-state index < -0.39 is 0 Å². The van der Waals surface area contributed by atoms with Gasteiger partial charge in [-0.2, -0.15) is 0 Å². The Morgan fingerprint density at radius 2 is 1.00 bits per heavy atom. The van der Waals surface area contributed by atoms with Gasteiger partial charge in [-0.15, -0.1) is 0 Å². The van der Waals surface area contributed by atoms with Crippen LogP contribution >= 0.6 is 0 Å². The maximum atomic E-state index is 13.2. The van der Waals surface area contributed by atoms with E-state index in [0.717, 1.165) is 81.7 Å². The summed E-state index contributed by atoms with van der Waals surface area (Å²) in [5.74, 6) is 1.50. The molecule has 3 aromatic carbocycles. The molecule has 0 saturated carbocycles. The second-order valence-corrected chi connectivity index (χ2v) is 13.0. The number of nitrogens with one attached hydrogen (secondary N) is 2. The van der Waals surface area contributed by atoms with Crippen LogP contribution in [0, 0.1) is 0 Å². The van der Waals surface area contributed by atoms with Crippen molar-refractivity contribution >= 4 is 33.9 Å². The van der Waals surface area contributed by atoms with Crippen molar-refractivity contribution in [2.75, 3.05) is 13.1 Å². The normalized spacial score (nSPS) is 17.6. The molecule has 246 valence electrons. The molecule has 7 aromatic rings. The zero-order valence-corrected chi connectivity index (χ0v) is 27.3. The highest BCUT2D eigenvalue weighted by Gasteiger charge is 2.34. The third-order valence-corrected chi connectivity index (χ3v) is 9.98. The van der Waals surface area contributed by atoms with E-state index in [1.54, 1.807) is 24.5 Å². The Morgan fingerprint density at radius 3 is 1.42 bits per heavy atom. The van der Waals surface area contributed by atoms with Gasteiger partial charge in [0.1, 0.15) is 23.0 Å². The fraction of sp³-hybridized carbons (Fsp3) is 0.200. The summed E-state index contributed by atoms with van der Waals surface area (Å²) in [6.45, 7) is 1.38. The van der Waals surface area contributed by atoms with Gasteiger partial charge in [0.2, 0.25) is 0 Å². The monoisotopic (exact) mass is 658 g/mol. The number of amides is 2. The highest BCUT2D eigenvalue weighted by atomic mass is 16.2. The number of aromatic nitrogens is 6. The van der Waals surface area contributed by atoms with Gasteiger partial charge < -0.3 is 19.8 Å². The van der Waals surface area contributed by atoms with E-state index >= 15 is 0 Å². The van der Waals surface area contributed by atoms with Crippen molar-refractivity contribution in [1.29, 1.82) is 0 Å². The lowest BCUT2D eigenvalue weighted by Crippen LogP contribution is -2.31. The minimum Gasteiger partial charge on any atom is -0.340 e. The van der Waals surface area contributed by atoms with E-state index in [1.165, 1.54) is 0 Å². The van der Waals surface area contributed by atoms with E-state index in [4.69, 9.17) is 9.97 Å². The van der Waals surface area contributed by atoms with Crippen molar-refractivity contribution < 1.29 is 9.59 Å². The minimum atomic E-state index is -0.103. The maximum absolute atomic E-state index is 13.2. The Kier molecular flexibility index (Phi) is 7.41. The fourth-order valence-corrected chi connectivity index (χ4v) is 7.44. The molecule has 0 spiro atoms. The predicted molar refractivity (Wildman–Crippen MR) is 191 cm³/mol. The minimum absolute atomic E-state index is 0.0604. The summed E-state index contributed by atoms with van der Waals surface area (Å²) >= 11 is 0. The molecule has 9 rings (SSSR count). The summed E-state index contributed by atoms with van der Waals surface area (Å²) in [6, 6.07) is 31.7. The van der Waals surface area contributed by atoms with Crippen molar-refractivity contribution in [1.82, 2.24) is 39.7 Å². The smallest absolute Gasteiger partial charge is 0.273 e. The van der Waals surface area contributed by atoms with Gasteiger partial charge in [0.25, 0.3) is 11.8 Å². The van der Waals surface area contributed by atoms with E-state index in [1.807, 2.05) is 34.1 Å². The molecule has 10 nitrogen and oxygen atoms in total. The Balaban J connectivity index is 0.932. The average Bonchev–Trinajstić information content (AvgIpc) is 4.00. The van der Waals surface area contributed by atoms with Crippen LogP contribution in [-0.2, 0) is 0 Å². The Morgan fingerprint density at radius 1 is 0.560 bits per heavy atom. The highest BCUT2D eigenvalue weighted by Crippen LogP contribution is 2.35. The largest absolute Gasteiger partial charge is 0.340 e. The van der Waals surface area contributed by atoms with Gasteiger partial charge in [-0.25, -0.2) is 9.97 Å². The first-order valence-electron chi connectivity index (χ1n) is 17.1. The van der Waals surface area contributed by atoms with Crippen LogP contribution in [0.5, 0.6) is 0 Å². The van der Waals surface area contributed by atoms with Gasteiger partial charge in [0.15, 0.2) is 0 Å². The van der Waals surface area contributed by atoms with Crippen molar-refractivity contribution in [3.05, 3.63) is 132 Å². The van der Waals surface area contributed by atoms with Gasteiger partial charge in [-0.05, 0) is 96.5 Å². The number of nitrogens with zero attached hydrogens (tertiary/aromatic N) is 6. The Hall–Kier alpha value is -6.16. The van der Waals surface area contributed by atoms with E-state index in [2.05, 4.69) is 80.6 Å². The van der Waals surface area contributed by atoms with Crippen LogP contribution in [0.1, 0.15) is 70.4 Å². The molecule has 50 heavy (non-hydrogen) atoms. The number of imidazole rings is 2. The summed E-state index contributed by atoms with van der Waals surface area (Å²) < 4.78 is 0. The van der Waals surface area contributed by atoms with Crippen molar-refractivity contribution in [3.8, 4) is 22.3 Å². The Labute approximate surface area is 288 Å². The molecule has 0 bridgehead atoms. The molecule has 4 aromatic heterocycles. The number of aromatic amines is 2. The molecular weight excluding hydrogens is 624 g/mol. The molecule has 2 aliphatic rings. The summed E-state index contributed by atoms with van der Waals surface area (Å²) in [4.78, 5) is 55.6. The number of carbonyl (C=O) groups is 2. The van der Waals surface area contributed by atoms with Crippen LogP contribution in [-0.4, -0.2) is 64.6 Å². The number of rotatable bonds is 6. The van der Waals surface area contributed by atoms with Crippen LogP contribution in [0.25, 0.3) is 44.3 Å². The van der Waals surface area contributed by atoms with Gasteiger partial charge in [-0.3, -0.25) is 19.6 Å². The lowest BCUT2D eigenvalue weighted by atomic mass is 10.00.